The number of amides is 2. The van der Waals surface area contributed by atoms with Crippen LogP contribution in [0.25, 0.3) is 0 Å². The standard InChI is InChI=1S/C17H25N5O3/c1-19-9-15(23)22(14-7-18-20(2)8-14)12-17(19)4-5-21(11-17)16(24)13-3-6-25-10-13/h7-8,13H,3-6,9-12H2,1-2H3. The molecule has 3 saturated heterocycles. The van der Waals surface area contributed by atoms with Crippen LogP contribution in [0.1, 0.15) is 12.8 Å². The van der Waals surface area contributed by atoms with Gasteiger partial charge in [0.05, 0.1) is 36.5 Å². The van der Waals surface area contributed by atoms with E-state index < -0.39 is 0 Å². The summed E-state index contributed by atoms with van der Waals surface area (Å²) >= 11 is 0. The van der Waals surface area contributed by atoms with Gasteiger partial charge in [0.15, 0.2) is 0 Å². The molecule has 3 aliphatic rings. The van der Waals surface area contributed by atoms with Crippen molar-refractivity contribution in [2.24, 2.45) is 13.0 Å². The van der Waals surface area contributed by atoms with Gasteiger partial charge >= 0.3 is 0 Å². The van der Waals surface area contributed by atoms with Crippen molar-refractivity contribution in [1.29, 1.82) is 0 Å². The molecular weight excluding hydrogens is 322 g/mol. The Morgan fingerprint density at radius 3 is 2.88 bits per heavy atom. The maximum Gasteiger partial charge on any atom is 0.241 e. The molecule has 2 amide bonds. The topological polar surface area (TPSA) is 70.9 Å². The number of hydrogen-bond donors (Lipinski definition) is 0. The summed E-state index contributed by atoms with van der Waals surface area (Å²) in [5, 5.41) is 4.19. The van der Waals surface area contributed by atoms with Gasteiger partial charge < -0.3 is 14.5 Å². The Labute approximate surface area is 147 Å². The molecule has 8 heteroatoms. The quantitative estimate of drug-likeness (QED) is 0.735. The third kappa shape index (κ3) is 2.83. The predicted molar refractivity (Wildman–Crippen MR) is 91.0 cm³/mol. The van der Waals surface area contributed by atoms with E-state index in [2.05, 4.69) is 10.00 Å². The number of carbonyl (C=O) groups excluding carboxylic acids is 2. The minimum absolute atomic E-state index is 0.0000972. The first-order chi connectivity index (χ1) is 12.0. The molecule has 2 atom stereocenters. The number of piperazine rings is 1. The summed E-state index contributed by atoms with van der Waals surface area (Å²) in [4.78, 5) is 31.2. The number of rotatable bonds is 2. The van der Waals surface area contributed by atoms with Crippen molar-refractivity contribution in [2.45, 2.75) is 18.4 Å². The summed E-state index contributed by atoms with van der Waals surface area (Å²) in [6.45, 7) is 3.59. The molecule has 0 saturated carbocycles. The number of likely N-dealkylation sites (N-methyl/N-ethyl adjacent to an activating group) is 1. The zero-order chi connectivity index (χ0) is 17.6. The van der Waals surface area contributed by atoms with E-state index in [0.717, 1.165) is 25.1 Å². The van der Waals surface area contributed by atoms with E-state index in [4.69, 9.17) is 4.74 Å². The average molecular weight is 347 g/mol. The highest BCUT2D eigenvalue weighted by atomic mass is 16.5. The van der Waals surface area contributed by atoms with Crippen LogP contribution >= 0.6 is 0 Å². The molecule has 1 spiro atoms. The van der Waals surface area contributed by atoms with Gasteiger partial charge in [0.1, 0.15) is 0 Å². The third-order valence-corrected chi connectivity index (χ3v) is 5.86. The summed E-state index contributed by atoms with van der Waals surface area (Å²) in [5.74, 6) is 0.280. The highest BCUT2D eigenvalue weighted by Crippen LogP contribution is 2.34. The molecule has 3 fully saturated rings. The maximum absolute atomic E-state index is 12.7. The molecule has 2 unspecified atom stereocenters. The zero-order valence-electron chi connectivity index (χ0n) is 14.8. The van der Waals surface area contributed by atoms with Crippen LogP contribution in [0.15, 0.2) is 12.4 Å². The molecule has 4 rings (SSSR count). The van der Waals surface area contributed by atoms with Gasteiger partial charge in [-0.2, -0.15) is 5.10 Å². The number of hydrogen-bond acceptors (Lipinski definition) is 5. The van der Waals surface area contributed by atoms with Crippen molar-refractivity contribution < 1.29 is 14.3 Å². The van der Waals surface area contributed by atoms with Crippen molar-refractivity contribution in [1.82, 2.24) is 19.6 Å². The molecule has 1 aromatic rings. The Bertz CT molecular complexity index is 684. The molecule has 4 heterocycles. The summed E-state index contributed by atoms with van der Waals surface area (Å²) in [6, 6.07) is 0. The molecule has 0 bridgehead atoms. The first-order valence-electron chi connectivity index (χ1n) is 8.85. The zero-order valence-corrected chi connectivity index (χ0v) is 14.8. The Morgan fingerprint density at radius 1 is 1.36 bits per heavy atom. The first kappa shape index (κ1) is 16.5. The lowest BCUT2D eigenvalue weighted by Crippen LogP contribution is -2.64. The van der Waals surface area contributed by atoms with Crippen LogP contribution in [0.2, 0.25) is 0 Å². The van der Waals surface area contributed by atoms with Gasteiger partial charge in [-0.3, -0.25) is 19.2 Å². The average Bonchev–Trinajstić information content (AvgIpc) is 3.32. The predicted octanol–water partition coefficient (Wildman–Crippen LogP) is -0.294. The van der Waals surface area contributed by atoms with E-state index in [1.54, 1.807) is 10.9 Å². The molecule has 0 aliphatic carbocycles. The van der Waals surface area contributed by atoms with Crippen molar-refractivity contribution in [2.75, 3.05) is 51.3 Å². The molecule has 25 heavy (non-hydrogen) atoms. The van der Waals surface area contributed by atoms with Gasteiger partial charge in [-0.15, -0.1) is 0 Å². The van der Waals surface area contributed by atoms with Crippen LogP contribution in [0.4, 0.5) is 5.69 Å². The SMILES string of the molecule is CN1CC(=O)N(c2cnn(C)c2)CC12CCN(C(=O)C1CCOC1)C2. The molecule has 0 aromatic carbocycles. The fourth-order valence-corrected chi connectivity index (χ4v) is 4.21. The van der Waals surface area contributed by atoms with Crippen LogP contribution < -0.4 is 4.90 Å². The summed E-state index contributed by atoms with van der Waals surface area (Å²) < 4.78 is 7.07. The summed E-state index contributed by atoms with van der Waals surface area (Å²) in [5.41, 5.74) is 0.646. The lowest BCUT2D eigenvalue weighted by Gasteiger charge is -2.46. The number of carbonyl (C=O) groups is 2. The highest BCUT2D eigenvalue weighted by Gasteiger charge is 2.49. The van der Waals surface area contributed by atoms with E-state index in [-0.39, 0.29) is 23.3 Å². The van der Waals surface area contributed by atoms with Crippen LogP contribution in [-0.2, 0) is 21.4 Å². The molecule has 8 nitrogen and oxygen atoms in total. The number of ether oxygens (including phenoxy) is 1. The van der Waals surface area contributed by atoms with Crippen molar-refractivity contribution in [3.8, 4) is 0 Å². The fourth-order valence-electron chi connectivity index (χ4n) is 4.21. The van der Waals surface area contributed by atoms with Gasteiger partial charge in [-0.1, -0.05) is 0 Å². The smallest absolute Gasteiger partial charge is 0.241 e. The Hall–Kier alpha value is -1.93. The fraction of sp³-hybridized carbons (Fsp3) is 0.706. The van der Waals surface area contributed by atoms with Gasteiger partial charge in [-0.05, 0) is 19.9 Å². The van der Waals surface area contributed by atoms with Crippen LogP contribution in [0.3, 0.4) is 0 Å². The van der Waals surface area contributed by atoms with E-state index in [1.807, 2.05) is 30.1 Å². The first-order valence-corrected chi connectivity index (χ1v) is 8.85. The van der Waals surface area contributed by atoms with Crippen molar-refractivity contribution in [3.63, 3.8) is 0 Å². The normalized spacial score (nSPS) is 30.6. The number of aromatic nitrogens is 2. The highest BCUT2D eigenvalue weighted by molar-refractivity contribution is 5.95. The summed E-state index contributed by atoms with van der Waals surface area (Å²) in [6.07, 6.45) is 5.29. The number of anilines is 1. The van der Waals surface area contributed by atoms with Crippen LogP contribution in [-0.4, -0.2) is 83.4 Å². The van der Waals surface area contributed by atoms with Gasteiger partial charge in [0, 0.05) is 39.5 Å². The van der Waals surface area contributed by atoms with Crippen LogP contribution in [0.5, 0.6) is 0 Å². The lowest BCUT2D eigenvalue weighted by atomic mass is 9.92. The molecule has 3 aliphatic heterocycles. The summed E-state index contributed by atoms with van der Waals surface area (Å²) in [7, 11) is 3.84. The van der Waals surface area contributed by atoms with Gasteiger partial charge in [0.25, 0.3) is 0 Å². The second-order valence-corrected chi connectivity index (χ2v) is 7.50. The second-order valence-electron chi connectivity index (χ2n) is 7.50. The Kier molecular flexibility index (Phi) is 4.04. The minimum atomic E-state index is -0.182. The van der Waals surface area contributed by atoms with E-state index in [0.29, 0.717) is 32.8 Å². The largest absolute Gasteiger partial charge is 0.381 e. The monoisotopic (exact) mass is 347 g/mol. The lowest BCUT2D eigenvalue weighted by molar-refractivity contribution is -0.135. The van der Waals surface area contributed by atoms with Gasteiger partial charge in [-0.25, -0.2) is 0 Å². The van der Waals surface area contributed by atoms with E-state index in [9.17, 15) is 9.59 Å². The number of likely N-dealkylation sites (tertiary alicyclic amines) is 1. The van der Waals surface area contributed by atoms with E-state index in [1.165, 1.54) is 0 Å². The second kappa shape index (κ2) is 6.10. The molecule has 0 radical (unpaired) electrons. The van der Waals surface area contributed by atoms with Crippen molar-refractivity contribution in [3.05, 3.63) is 12.4 Å². The number of aryl methyl sites for hydroxylation is 1. The molecule has 136 valence electrons. The minimum Gasteiger partial charge on any atom is -0.381 e. The Morgan fingerprint density at radius 2 is 2.20 bits per heavy atom. The molecule has 1 aromatic heterocycles. The molecular formula is C17H25N5O3. The van der Waals surface area contributed by atoms with Crippen molar-refractivity contribution >= 4 is 17.5 Å². The Balaban J connectivity index is 1.52. The molecule has 0 N–H and O–H groups in total. The maximum atomic E-state index is 12.7. The third-order valence-electron chi connectivity index (χ3n) is 5.86. The van der Waals surface area contributed by atoms with Crippen LogP contribution in [0, 0.1) is 5.92 Å². The van der Waals surface area contributed by atoms with E-state index >= 15 is 0 Å². The van der Waals surface area contributed by atoms with Gasteiger partial charge in [0.2, 0.25) is 11.8 Å². The number of nitrogens with zero attached hydrogens (tertiary/aromatic N) is 5.